The van der Waals surface area contributed by atoms with E-state index in [0.29, 0.717) is 18.5 Å². The van der Waals surface area contributed by atoms with Crippen LogP contribution < -0.4 is 4.74 Å². The summed E-state index contributed by atoms with van der Waals surface area (Å²) in [4.78, 5) is 42.1. The van der Waals surface area contributed by atoms with Crippen LogP contribution in [0.1, 0.15) is 237 Å². The number of methoxy groups -OCH3 is 1. The van der Waals surface area contributed by atoms with Crippen LogP contribution in [-0.2, 0) is 46.6 Å². The monoisotopic (exact) mass is 1760 g/mol. The highest BCUT2D eigenvalue weighted by atomic mass is 19.2. The smallest absolute Gasteiger partial charge is 0.328 e. The van der Waals surface area contributed by atoms with Crippen molar-refractivity contribution in [1.29, 1.82) is 0 Å². The highest BCUT2D eigenvalue weighted by molar-refractivity contribution is 5.88. The number of hydrogen-bond acceptors (Lipinski definition) is 8. The van der Waals surface area contributed by atoms with Crippen molar-refractivity contribution in [3.63, 3.8) is 0 Å². The Morgan fingerprint density at radius 2 is 0.615 bits per heavy atom. The van der Waals surface area contributed by atoms with E-state index < -0.39 is 82.6 Å². The van der Waals surface area contributed by atoms with Gasteiger partial charge in [-0.1, -0.05) is 121 Å². The molecule has 0 unspecified atom stereocenters. The standard InChI is InChI=1S/C30H27F2NO3.2C27H25F2NO2.C27H27F2N/c1-18-13-24-23-6-4-3-5-21(23)16-25(24)30(33(18)17-19-7-10-22(36-2)11-8-19)29-26(31)14-20(15-27(29)32)9-12-28(34)35;2*1-15-8-20-19-5-3-2-4-18(19)11-21(20)26(30(15)27-12-17(13-27)14-27)25-22(28)9-16(10-23(25)29)6-7-24(31)32;1-3-6-17-10-23(28)25(24(29)11-17)26-22-12-19-7-4-5-8-20(19)21(22)9-16(2)30(26)27-13-18(14-27)15-27/h3-12,14-15,18,30H,13,16-17H2,1-2H3,(H,34,35);2*2-7,9-10,15,17,26H,8,11-14H2,1H3,(H,31,32);3-8,10-11,16,18,26H,9,12-15H2,1-2H3/b12-9+;2*7-6+;6-3+/t18-,30+;2*15-,17?,26+,27?;16-,18?,26-,27?/m1101/s1. The van der Waals surface area contributed by atoms with Crippen molar-refractivity contribution >= 4 is 64.5 Å². The van der Waals surface area contributed by atoms with E-state index in [-0.39, 0.29) is 85.8 Å². The molecule has 0 saturated heterocycles. The van der Waals surface area contributed by atoms with Crippen molar-refractivity contribution in [3.8, 4) is 5.75 Å². The van der Waals surface area contributed by atoms with Gasteiger partial charge in [-0.2, -0.15) is 0 Å². The minimum Gasteiger partial charge on any atom is -0.497 e. The zero-order chi connectivity index (χ0) is 90.4. The third-order valence-electron chi connectivity index (χ3n) is 31.2. The van der Waals surface area contributed by atoms with E-state index in [0.717, 1.165) is 153 Å². The number of allylic oxidation sites excluding steroid dienone is 1. The van der Waals surface area contributed by atoms with Crippen LogP contribution in [0.15, 0.2) is 216 Å². The summed E-state index contributed by atoms with van der Waals surface area (Å²) in [6.45, 7) is 11.1. The van der Waals surface area contributed by atoms with Gasteiger partial charge in [-0.05, 0) is 357 Å². The Kier molecular flexibility index (Phi) is 22.4. The van der Waals surface area contributed by atoms with Gasteiger partial charge in [0.2, 0.25) is 0 Å². The Balaban J connectivity index is 0.000000109. The van der Waals surface area contributed by atoms with Crippen LogP contribution in [0.2, 0.25) is 0 Å². The number of carboxylic acids is 3. The predicted molar refractivity (Wildman–Crippen MR) is 490 cm³/mol. The molecule has 19 heteroatoms. The first-order valence-corrected chi connectivity index (χ1v) is 45.8. The normalized spacial score (nSPS) is 27.9. The fourth-order valence-corrected chi connectivity index (χ4v) is 25.6. The molecule has 6 bridgehead atoms. The number of nitrogens with zero attached hydrogens (tertiary/aromatic N) is 4. The first-order valence-electron chi connectivity index (χ1n) is 45.8. The summed E-state index contributed by atoms with van der Waals surface area (Å²) in [7, 11) is 1.62. The third-order valence-corrected chi connectivity index (χ3v) is 31.2. The summed E-state index contributed by atoms with van der Waals surface area (Å²) in [5, 5.41) is 26.6. The Morgan fingerprint density at radius 1 is 0.362 bits per heavy atom. The van der Waals surface area contributed by atoms with E-state index >= 15 is 35.1 Å². The molecule has 26 rings (SSSR count). The molecular weight excluding hydrogens is 1650 g/mol. The van der Waals surface area contributed by atoms with Crippen LogP contribution in [0.4, 0.5) is 35.1 Å². The Hall–Kier alpha value is -11.6. The molecule has 0 amide bonds. The molecule has 0 spiro atoms. The molecule has 4 heterocycles. The molecule has 9 aromatic rings. The highest BCUT2D eigenvalue weighted by Gasteiger charge is 2.67. The number of ether oxygens (including phenoxy) is 1. The van der Waals surface area contributed by atoms with E-state index in [4.69, 9.17) is 20.1 Å². The number of carbonyl (C=O) groups is 3. The molecule has 9 saturated carbocycles. The average Bonchev–Trinajstić information content (AvgIpc) is 1.11. The van der Waals surface area contributed by atoms with Gasteiger partial charge in [-0.25, -0.2) is 49.5 Å². The van der Waals surface area contributed by atoms with Crippen molar-refractivity contribution in [2.45, 2.75) is 215 Å². The molecule has 9 fully saturated rings. The van der Waals surface area contributed by atoms with Crippen LogP contribution in [0.5, 0.6) is 5.75 Å². The molecule has 666 valence electrons. The maximum absolute atomic E-state index is 15.7. The van der Waals surface area contributed by atoms with Gasteiger partial charge in [-0.3, -0.25) is 19.6 Å². The van der Waals surface area contributed by atoms with Gasteiger partial charge in [0.15, 0.2) is 0 Å². The van der Waals surface area contributed by atoms with Crippen molar-refractivity contribution in [2.24, 2.45) is 17.8 Å². The number of carboxylic acid groups (broad SMARTS) is 3. The number of fused-ring (bicyclic) bond motifs is 8. The van der Waals surface area contributed by atoms with E-state index in [1.807, 2.05) is 73.7 Å². The van der Waals surface area contributed by atoms with E-state index in [9.17, 15) is 14.4 Å². The lowest BCUT2D eigenvalue weighted by atomic mass is 9.48. The Bertz CT molecular complexity index is 6120. The fraction of sp³-hybridized carbons (Fsp3) is 0.342. The molecule has 17 aliphatic rings. The van der Waals surface area contributed by atoms with Gasteiger partial charge >= 0.3 is 17.9 Å². The highest BCUT2D eigenvalue weighted by Crippen LogP contribution is 2.69. The maximum atomic E-state index is 15.7. The number of benzene rings is 9. The Labute approximate surface area is 752 Å². The van der Waals surface area contributed by atoms with Crippen molar-refractivity contribution in [2.75, 3.05) is 7.11 Å². The van der Waals surface area contributed by atoms with Gasteiger partial charge in [0.25, 0.3) is 0 Å². The minimum atomic E-state index is -1.18. The van der Waals surface area contributed by atoms with Gasteiger partial charge in [0.05, 0.1) is 31.3 Å². The summed E-state index contributed by atoms with van der Waals surface area (Å²) in [5.41, 5.74) is 22.2. The van der Waals surface area contributed by atoms with Crippen molar-refractivity contribution in [3.05, 3.63) is 358 Å². The lowest BCUT2D eigenvalue weighted by Crippen LogP contribution is -2.71. The van der Waals surface area contributed by atoms with Crippen molar-refractivity contribution < 1.29 is 69.6 Å². The van der Waals surface area contributed by atoms with Gasteiger partial charge in [0.1, 0.15) is 52.3 Å². The maximum Gasteiger partial charge on any atom is 0.328 e. The average molecular weight is 1760 g/mol. The number of hydrogen-bond donors (Lipinski definition) is 3. The number of halogens is 8. The Morgan fingerprint density at radius 3 is 0.869 bits per heavy atom. The van der Waals surface area contributed by atoms with Gasteiger partial charge in [-0.15, -0.1) is 0 Å². The molecule has 8 atom stereocenters. The second-order valence-electron chi connectivity index (χ2n) is 39.1. The number of aliphatic carboxylic acids is 3. The van der Waals surface area contributed by atoms with Gasteiger partial charge < -0.3 is 20.1 Å². The zero-order valence-electron chi connectivity index (χ0n) is 73.7. The predicted octanol–water partition coefficient (Wildman–Crippen LogP) is 24.6. The quantitative estimate of drug-likeness (QED) is 0.0594. The third kappa shape index (κ3) is 15.0. The molecule has 9 aromatic carbocycles. The molecule has 3 N–H and O–H groups in total. The second-order valence-corrected chi connectivity index (χ2v) is 39.1. The summed E-state index contributed by atoms with van der Waals surface area (Å²) < 4.78 is 130. The lowest BCUT2D eigenvalue weighted by molar-refractivity contribution is -0.173. The fourth-order valence-electron chi connectivity index (χ4n) is 25.6. The van der Waals surface area contributed by atoms with Crippen LogP contribution >= 0.6 is 0 Å². The van der Waals surface area contributed by atoms with Gasteiger partial charge in [0, 0.05) is 87.8 Å². The largest absolute Gasteiger partial charge is 0.497 e. The minimum absolute atomic E-state index is 0.00263. The molecule has 4 aliphatic heterocycles. The van der Waals surface area contributed by atoms with Crippen LogP contribution in [-0.4, -0.2) is 101 Å². The topological polar surface area (TPSA) is 134 Å². The molecular formula is C111H104F8N4O7. The number of rotatable bonds is 17. The first kappa shape index (κ1) is 86.4. The summed E-state index contributed by atoms with van der Waals surface area (Å²) in [6.07, 6.45) is 26.6. The van der Waals surface area contributed by atoms with E-state index in [2.05, 4.69) is 108 Å². The van der Waals surface area contributed by atoms with E-state index in [1.165, 1.54) is 153 Å². The molecule has 0 aromatic heterocycles. The molecule has 130 heavy (non-hydrogen) atoms. The van der Waals surface area contributed by atoms with Crippen LogP contribution in [0, 0.1) is 64.3 Å². The molecule has 11 nitrogen and oxygen atoms in total. The van der Waals surface area contributed by atoms with Crippen LogP contribution in [0.25, 0.3) is 46.6 Å². The summed E-state index contributed by atoms with van der Waals surface area (Å²) in [5.74, 6) is -4.98. The van der Waals surface area contributed by atoms with E-state index in [1.54, 1.807) is 13.2 Å². The lowest BCUT2D eigenvalue weighted by Gasteiger charge is -2.70. The molecule has 13 aliphatic carbocycles. The second kappa shape index (κ2) is 33.6. The first-order chi connectivity index (χ1) is 62.6. The van der Waals surface area contributed by atoms with Crippen LogP contribution in [0.3, 0.4) is 0 Å². The summed E-state index contributed by atoms with van der Waals surface area (Å²) >= 11 is 0. The zero-order valence-corrected chi connectivity index (χ0v) is 73.7. The summed E-state index contributed by atoms with van der Waals surface area (Å²) in [6, 6.07) is 50.4. The molecule has 0 radical (unpaired) electrons. The van der Waals surface area contributed by atoms with Crippen molar-refractivity contribution in [1.82, 2.24) is 19.6 Å². The SMILES string of the molecule is C/C=C/c1cc(F)c([C@H]2C3=C(C[C@@H](C)N2C24CC(C2)C4)c2ccccc2C3)c(F)c1.COc1ccc(CN2[C@H](C)CC3=C(Cc4ccccc43)[C@H]2c2c(F)cc(/C=C/C(=O)O)cc2F)cc1.C[C@@H]1CC2=C(Cc3ccccc32)[C@@H](c2c(F)cc(/C=C/C(=O)O)cc2F)N1C12CC(C1)C2.C[C@H]1CC2=C(Cc3ccccc32)[C@H](c2c(F)cc(/C=C/C(=O)O)cc2F)N1C12CC(C1)C2.